The summed E-state index contributed by atoms with van der Waals surface area (Å²) < 4.78 is 4.82. The third kappa shape index (κ3) is 6.47. The Balaban J connectivity index is 1.89. The highest BCUT2D eigenvalue weighted by atomic mass is 16.6. The second-order valence-electron chi connectivity index (χ2n) is 5.85. The van der Waals surface area contributed by atoms with Crippen LogP contribution in [0.1, 0.15) is 22.8 Å². The van der Waals surface area contributed by atoms with Gasteiger partial charge in [0.1, 0.15) is 6.54 Å². The normalized spacial score (nSPS) is 10.0. The first kappa shape index (κ1) is 20.0. The second-order valence-corrected chi connectivity index (χ2v) is 5.85. The van der Waals surface area contributed by atoms with Gasteiger partial charge >= 0.3 is 6.09 Å². The molecule has 2 aromatic carbocycles. The second kappa shape index (κ2) is 9.96. The first-order valence-corrected chi connectivity index (χ1v) is 8.59. The van der Waals surface area contributed by atoms with Crippen LogP contribution in [0.3, 0.4) is 0 Å². The lowest BCUT2D eigenvalue weighted by atomic mass is 10.1. The Morgan fingerprint density at radius 2 is 1.78 bits per heavy atom. The number of carbonyl (C=O) groups is 3. The van der Waals surface area contributed by atoms with Crippen molar-refractivity contribution in [3.05, 3.63) is 65.7 Å². The van der Waals surface area contributed by atoms with Crippen LogP contribution in [0, 0.1) is 0 Å². The first-order valence-electron chi connectivity index (χ1n) is 8.59. The number of ether oxygens (including phenoxy) is 1. The maximum atomic E-state index is 12.3. The number of hydrogen-bond acceptors (Lipinski definition) is 4. The first-order chi connectivity index (χ1) is 13.0. The summed E-state index contributed by atoms with van der Waals surface area (Å²) in [5.74, 6) is -0.541. The summed E-state index contributed by atoms with van der Waals surface area (Å²) in [6.45, 7) is 2.10. The van der Waals surface area contributed by atoms with Crippen LogP contribution in [-0.2, 0) is 16.1 Å². The van der Waals surface area contributed by atoms with Crippen LogP contribution in [0.2, 0.25) is 0 Å². The summed E-state index contributed by atoms with van der Waals surface area (Å²) in [5, 5.41) is 5.54. The minimum atomic E-state index is -0.549. The molecular formula is C20H23N3O4. The van der Waals surface area contributed by atoms with E-state index in [9.17, 15) is 14.4 Å². The average molecular weight is 369 g/mol. The zero-order chi connectivity index (χ0) is 19.6. The van der Waals surface area contributed by atoms with Crippen LogP contribution >= 0.6 is 0 Å². The van der Waals surface area contributed by atoms with Gasteiger partial charge in [0.2, 0.25) is 5.91 Å². The number of para-hydroxylation sites is 1. The van der Waals surface area contributed by atoms with E-state index in [1.54, 1.807) is 25.1 Å². The Hall–Kier alpha value is -3.35. The molecule has 0 fully saturated rings. The summed E-state index contributed by atoms with van der Waals surface area (Å²) >= 11 is 0. The van der Waals surface area contributed by atoms with Crippen LogP contribution in [0.25, 0.3) is 0 Å². The van der Waals surface area contributed by atoms with Gasteiger partial charge in [-0.1, -0.05) is 30.3 Å². The highest BCUT2D eigenvalue weighted by Crippen LogP contribution is 2.10. The maximum absolute atomic E-state index is 12.3. The molecule has 7 heteroatoms. The molecule has 0 saturated carbocycles. The molecule has 0 radical (unpaired) electrons. The topological polar surface area (TPSA) is 87.7 Å². The van der Waals surface area contributed by atoms with Gasteiger partial charge in [-0.05, 0) is 36.8 Å². The molecular weight excluding hydrogens is 346 g/mol. The Bertz CT molecular complexity index is 793. The van der Waals surface area contributed by atoms with E-state index in [0.29, 0.717) is 11.3 Å². The summed E-state index contributed by atoms with van der Waals surface area (Å²) in [5.41, 5.74) is 1.99. The van der Waals surface area contributed by atoms with E-state index in [2.05, 4.69) is 10.6 Å². The SMILES string of the molecule is CCOC(=O)N(C)CC(=O)NCc1cccc(C(=O)Nc2ccccc2)c1. The lowest BCUT2D eigenvalue weighted by Gasteiger charge is -2.16. The van der Waals surface area contributed by atoms with Crippen LogP contribution in [0.5, 0.6) is 0 Å². The highest BCUT2D eigenvalue weighted by molar-refractivity contribution is 6.04. The molecule has 0 spiro atoms. The lowest BCUT2D eigenvalue weighted by molar-refractivity contribution is -0.121. The Kier molecular flexibility index (Phi) is 7.37. The molecule has 2 N–H and O–H groups in total. The van der Waals surface area contributed by atoms with Gasteiger partial charge in [0.05, 0.1) is 6.61 Å². The zero-order valence-corrected chi connectivity index (χ0v) is 15.4. The summed E-state index contributed by atoms with van der Waals surface area (Å²) in [6.07, 6.45) is -0.549. The van der Waals surface area contributed by atoms with Gasteiger partial charge in [-0.3, -0.25) is 9.59 Å². The third-order valence-electron chi connectivity index (χ3n) is 3.67. The molecule has 27 heavy (non-hydrogen) atoms. The van der Waals surface area contributed by atoms with E-state index in [4.69, 9.17) is 4.74 Å². The van der Waals surface area contributed by atoms with Gasteiger partial charge in [0.25, 0.3) is 5.91 Å². The molecule has 0 aliphatic rings. The van der Waals surface area contributed by atoms with Crippen LogP contribution in [0.15, 0.2) is 54.6 Å². The predicted octanol–water partition coefficient (Wildman–Crippen LogP) is 2.64. The molecule has 0 heterocycles. The van der Waals surface area contributed by atoms with E-state index < -0.39 is 6.09 Å². The number of nitrogens with one attached hydrogen (secondary N) is 2. The Morgan fingerprint density at radius 3 is 2.48 bits per heavy atom. The largest absolute Gasteiger partial charge is 0.450 e. The van der Waals surface area contributed by atoms with Crippen molar-refractivity contribution >= 4 is 23.6 Å². The van der Waals surface area contributed by atoms with Crippen molar-refractivity contribution in [3.8, 4) is 0 Å². The monoisotopic (exact) mass is 369 g/mol. The molecule has 3 amide bonds. The molecule has 0 aliphatic heterocycles. The number of likely N-dealkylation sites (N-methyl/N-ethyl adjacent to an activating group) is 1. The fourth-order valence-electron chi connectivity index (χ4n) is 2.32. The number of amides is 3. The van der Waals surface area contributed by atoms with Gasteiger partial charge in [-0.15, -0.1) is 0 Å². The predicted molar refractivity (Wildman–Crippen MR) is 102 cm³/mol. The van der Waals surface area contributed by atoms with E-state index in [1.165, 1.54) is 11.9 Å². The highest BCUT2D eigenvalue weighted by Gasteiger charge is 2.13. The van der Waals surface area contributed by atoms with Crippen molar-refractivity contribution in [2.45, 2.75) is 13.5 Å². The van der Waals surface area contributed by atoms with E-state index in [1.807, 2.05) is 36.4 Å². The molecule has 0 aliphatic carbocycles. The van der Waals surface area contributed by atoms with Crippen molar-refractivity contribution < 1.29 is 19.1 Å². The minimum absolute atomic E-state index is 0.104. The molecule has 2 rings (SSSR count). The molecule has 0 saturated heterocycles. The number of benzene rings is 2. The number of rotatable bonds is 7. The summed E-state index contributed by atoms with van der Waals surface area (Å²) in [6, 6.07) is 16.2. The third-order valence-corrected chi connectivity index (χ3v) is 3.67. The minimum Gasteiger partial charge on any atom is -0.450 e. The van der Waals surface area contributed by atoms with Crippen molar-refractivity contribution in [3.63, 3.8) is 0 Å². The standard InChI is InChI=1S/C20H23N3O4/c1-3-27-20(26)23(2)14-18(24)21-13-15-8-7-9-16(12-15)19(25)22-17-10-5-4-6-11-17/h4-12H,3,13-14H2,1-2H3,(H,21,24)(H,22,25). The Labute approximate surface area is 158 Å². The van der Waals surface area contributed by atoms with Gasteiger partial charge in [0.15, 0.2) is 0 Å². The number of hydrogen-bond donors (Lipinski definition) is 2. The Morgan fingerprint density at radius 1 is 1.04 bits per heavy atom. The molecule has 142 valence electrons. The molecule has 2 aromatic rings. The quantitative estimate of drug-likeness (QED) is 0.785. The number of nitrogens with zero attached hydrogens (tertiary/aromatic N) is 1. The van der Waals surface area contributed by atoms with E-state index in [0.717, 1.165) is 5.56 Å². The van der Waals surface area contributed by atoms with Gasteiger partial charge in [0, 0.05) is 24.8 Å². The maximum Gasteiger partial charge on any atom is 0.409 e. The van der Waals surface area contributed by atoms with E-state index in [-0.39, 0.29) is 31.5 Å². The lowest BCUT2D eigenvalue weighted by Crippen LogP contribution is -2.38. The molecule has 0 atom stereocenters. The van der Waals surface area contributed by atoms with Crippen molar-refractivity contribution in [1.29, 1.82) is 0 Å². The molecule has 0 unspecified atom stereocenters. The fraction of sp³-hybridized carbons (Fsp3) is 0.250. The average Bonchev–Trinajstić information content (AvgIpc) is 2.67. The van der Waals surface area contributed by atoms with Crippen LogP contribution < -0.4 is 10.6 Å². The fourth-order valence-corrected chi connectivity index (χ4v) is 2.32. The van der Waals surface area contributed by atoms with Crippen molar-refractivity contribution in [2.75, 3.05) is 25.5 Å². The van der Waals surface area contributed by atoms with Crippen LogP contribution in [0.4, 0.5) is 10.5 Å². The summed E-state index contributed by atoms with van der Waals surface area (Å²) in [7, 11) is 1.49. The van der Waals surface area contributed by atoms with Crippen molar-refractivity contribution in [1.82, 2.24) is 10.2 Å². The number of anilines is 1. The zero-order valence-electron chi connectivity index (χ0n) is 15.4. The molecule has 7 nitrogen and oxygen atoms in total. The number of carbonyl (C=O) groups excluding carboxylic acids is 3. The summed E-state index contributed by atoms with van der Waals surface area (Å²) in [4.78, 5) is 37.0. The molecule has 0 aromatic heterocycles. The van der Waals surface area contributed by atoms with Gasteiger partial charge in [-0.2, -0.15) is 0 Å². The van der Waals surface area contributed by atoms with Crippen LogP contribution in [-0.4, -0.2) is 43.0 Å². The van der Waals surface area contributed by atoms with Crippen molar-refractivity contribution in [2.24, 2.45) is 0 Å². The molecule has 0 bridgehead atoms. The smallest absolute Gasteiger partial charge is 0.409 e. The van der Waals surface area contributed by atoms with E-state index >= 15 is 0 Å². The van der Waals surface area contributed by atoms with Gasteiger partial charge < -0.3 is 20.3 Å². The van der Waals surface area contributed by atoms with Gasteiger partial charge in [-0.25, -0.2) is 4.79 Å².